The van der Waals surface area contributed by atoms with Crippen molar-refractivity contribution < 1.29 is 14.0 Å². The zero-order chi connectivity index (χ0) is 16.4. The van der Waals surface area contributed by atoms with Gasteiger partial charge in [0.2, 0.25) is 0 Å². The van der Waals surface area contributed by atoms with Gasteiger partial charge in [-0.1, -0.05) is 23.2 Å². The Morgan fingerprint density at radius 1 is 1.22 bits per heavy atom. The molecule has 0 saturated heterocycles. The van der Waals surface area contributed by atoms with Crippen molar-refractivity contribution in [1.29, 1.82) is 0 Å². The van der Waals surface area contributed by atoms with Crippen molar-refractivity contribution in [2.24, 2.45) is 0 Å². The maximum absolute atomic E-state index is 12.0. The molecule has 0 spiro atoms. The average Bonchev–Trinajstić information content (AvgIpc) is 2.87. The number of hydrogen-bond acceptors (Lipinski definition) is 4. The summed E-state index contributed by atoms with van der Waals surface area (Å²) in [4.78, 5) is 27.6. The van der Waals surface area contributed by atoms with Crippen molar-refractivity contribution in [3.05, 3.63) is 57.2 Å². The summed E-state index contributed by atoms with van der Waals surface area (Å²) in [7, 11) is 0. The van der Waals surface area contributed by atoms with E-state index >= 15 is 0 Å². The van der Waals surface area contributed by atoms with Gasteiger partial charge < -0.3 is 9.73 Å². The highest BCUT2D eigenvalue weighted by Gasteiger charge is 2.17. The molecule has 1 aromatic carbocycles. The van der Waals surface area contributed by atoms with Crippen LogP contribution in [0.15, 0.2) is 28.7 Å². The molecule has 0 atom stereocenters. The number of carbonyl (C=O) groups excluding carboxylic acids is 2. The van der Waals surface area contributed by atoms with E-state index in [0.29, 0.717) is 45.9 Å². The van der Waals surface area contributed by atoms with Crippen LogP contribution in [0.2, 0.25) is 10.0 Å². The number of halogens is 2. The third-order valence-corrected chi connectivity index (χ3v) is 3.72. The van der Waals surface area contributed by atoms with Crippen LogP contribution in [-0.2, 0) is 17.6 Å². The van der Waals surface area contributed by atoms with Gasteiger partial charge in [-0.15, -0.1) is 0 Å². The molecule has 5 nitrogen and oxygen atoms in total. The molecule has 1 aliphatic rings. The normalized spacial score (nSPS) is 13.0. The largest absolute Gasteiger partial charge is 0.445 e. The number of allylic oxidation sites excluding steroid dienone is 1. The van der Waals surface area contributed by atoms with E-state index in [4.69, 9.17) is 27.6 Å². The Kier molecular flexibility index (Phi) is 4.50. The maximum Gasteiger partial charge on any atom is 0.251 e. The van der Waals surface area contributed by atoms with E-state index in [9.17, 15) is 9.59 Å². The summed E-state index contributed by atoms with van der Waals surface area (Å²) >= 11 is 11.7. The predicted molar refractivity (Wildman–Crippen MR) is 86.7 cm³/mol. The van der Waals surface area contributed by atoms with E-state index in [1.54, 1.807) is 24.3 Å². The van der Waals surface area contributed by atoms with Crippen molar-refractivity contribution in [3.8, 4) is 0 Å². The average molecular weight is 351 g/mol. The number of aromatic nitrogens is 1. The SMILES string of the molecule is O=C1C=Cc2nc(CCNC(=O)c3cc(Cl)cc(Cl)c3)oc2C1. The van der Waals surface area contributed by atoms with Gasteiger partial charge >= 0.3 is 0 Å². The lowest BCUT2D eigenvalue weighted by Crippen LogP contribution is -2.25. The zero-order valence-corrected chi connectivity index (χ0v) is 13.4. The Labute approximate surface area is 142 Å². The van der Waals surface area contributed by atoms with Gasteiger partial charge in [-0.2, -0.15) is 0 Å². The first-order chi connectivity index (χ1) is 11.0. The van der Waals surface area contributed by atoms with Crippen LogP contribution >= 0.6 is 23.2 Å². The van der Waals surface area contributed by atoms with Crippen LogP contribution in [0.1, 0.15) is 27.7 Å². The highest BCUT2D eigenvalue weighted by atomic mass is 35.5. The van der Waals surface area contributed by atoms with E-state index in [0.717, 1.165) is 0 Å². The first kappa shape index (κ1) is 15.8. The molecule has 1 N–H and O–H groups in total. The Morgan fingerprint density at radius 3 is 2.70 bits per heavy atom. The quantitative estimate of drug-likeness (QED) is 0.919. The topological polar surface area (TPSA) is 72.2 Å². The lowest BCUT2D eigenvalue weighted by atomic mass is 10.1. The fourth-order valence-corrected chi connectivity index (χ4v) is 2.76. The second-order valence-corrected chi connectivity index (χ2v) is 5.93. The minimum atomic E-state index is -0.277. The summed E-state index contributed by atoms with van der Waals surface area (Å²) in [6.45, 7) is 0.347. The lowest BCUT2D eigenvalue weighted by Gasteiger charge is -2.05. The fraction of sp³-hybridized carbons (Fsp3) is 0.188. The monoisotopic (exact) mass is 350 g/mol. The number of ketones is 1. The van der Waals surface area contributed by atoms with Gasteiger partial charge in [0.05, 0.1) is 6.42 Å². The van der Waals surface area contributed by atoms with E-state index in [1.165, 1.54) is 6.08 Å². The van der Waals surface area contributed by atoms with Crippen molar-refractivity contribution in [2.75, 3.05) is 6.54 Å². The molecule has 118 valence electrons. The summed E-state index contributed by atoms with van der Waals surface area (Å²) < 4.78 is 5.53. The molecule has 3 rings (SSSR count). The number of nitrogens with one attached hydrogen (secondary N) is 1. The maximum atomic E-state index is 12.0. The predicted octanol–water partition coefficient (Wildman–Crippen LogP) is 3.09. The number of fused-ring (bicyclic) bond motifs is 1. The molecule has 0 radical (unpaired) electrons. The van der Waals surface area contributed by atoms with Crippen LogP contribution in [0.4, 0.5) is 0 Å². The van der Waals surface area contributed by atoms with Gasteiger partial charge in [-0.05, 0) is 30.4 Å². The Bertz CT molecular complexity index is 791. The molecular formula is C16H12Cl2N2O3. The molecule has 0 aliphatic heterocycles. The minimum absolute atomic E-state index is 0.00802. The van der Waals surface area contributed by atoms with Crippen LogP contribution < -0.4 is 5.32 Å². The zero-order valence-electron chi connectivity index (χ0n) is 11.9. The summed E-state index contributed by atoms with van der Waals surface area (Å²) in [6, 6.07) is 4.65. The molecule has 1 aliphatic carbocycles. The third kappa shape index (κ3) is 3.81. The van der Waals surface area contributed by atoms with Crippen molar-refractivity contribution >= 4 is 41.0 Å². The van der Waals surface area contributed by atoms with Crippen molar-refractivity contribution in [3.63, 3.8) is 0 Å². The fourth-order valence-electron chi connectivity index (χ4n) is 2.24. The van der Waals surface area contributed by atoms with Gasteiger partial charge in [-0.25, -0.2) is 4.98 Å². The Morgan fingerprint density at radius 2 is 1.96 bits per heavy atom. The summed E-state index contributed by atoms with van der Waals surface area (Å²) in [5, 5.41) is 3.55. The number of carbonyl (C=O) groups is 2. The summed E-state index contributed by atoms with van der Waals surface area (Å²) in [5.74, 6) is 0.770. The second kappa shape index (κ2) is 6.56. The molecule has 1 amide bonds. The van der Waals surface area contributed by atoms with E-state index in [-0.39, 0.29) is 18.1 Å². The Balaban J connectivity index is 1.58. The highest BCUT2D eigenvalue weighted by molar-refractivity contribution is 6.35. The number of benzene rings is 1. The van der Waals surface area contributed by atoms with Crippen LogP contribution in [-0.4, -0.2) is 23.2 Å². The highest BCUT2D eigenvalue weighted by Crippen LogP contribution is 2.20. The van der Waals surface area contributed by atoms with Crippen LogP contribution in [0.5, 0.6) is 0 Å². The van der Waals surface area contributed by atoms with Gasteiger partial charge in [0.25, 0.3) is 5.91 Å². The lowest BCUT2D eigenvalue weighted by molar-refractivity contribution is -0.114. The number of amides is 1. The van der Waals surface area contributed by atoms with Gasteiger partial charge in [0.1, 0.15) is 11.5 Å². The molecular weight excluding hydrogens is 339 g/mol. The van der Waals surface area contributed by atoms with Crippen LogP contribution in [0.25, 0.3) is 6.08 Å². The molecule has 0 saturated carbocycles. The first-order valence-electron chi connectivity index (χ1n) is 6.95. The summed E-state index contributed by atoms with van der Waals surface area (Å²) in [5.41, 5.74) is 1.07. The van der Waals surface area contributed by atoms with Crippen LogP contribution in [0.3, 0.4) is 0 Å². The van der Waals surface area contributed by atoms with Gasteiger partial charge in [0, 0.05) is 28.6 Å². The number of nitrogens with zero attached hydrogens (tertiary/aromatic N) is 1. The molecule has 1 aromatic heterocycles. The molecule has 7 heteroatoms. The standard InChI is InChI=1S/C16H12Cl2N2O3/c17-10-5-9(6-11(18)7-10)16(22)19-4-3-15-20-13-2-1-12(21)8-14(13)23-15/h1-2,5-7H,3-4,8H2,(H,19,22). The third-order valence-electron chi connectivity index (χ3n) is 3.28. The van der Waals surface area contributed by atoms with Crippen LogP contribution in [0, 0.1) is 0 Å². The molecule has 23 heavy (non-hydrogen) atoms. The number of rotatable bonds is 4. The summed E-state index contributed by atoms with van der Waals surface area (Å²) in [6.07, 6.45) is 3.78. The second-order valence-electron chi connectivity index (χ2n) is 5.06. The van der Waals surface area contributed by atoms with E-state index in [2.05, 4.69) is 10.3 Å². The molecule has 0 bridgehead atoms. The number of hydrogen-bond donors (Lipinski definition) is 1. The minimum Gasteiger partial charge on any atom is -0.445 e. The molecule has 2 aromatic rings. The van der Waals surface area contributed by atoms with Crippen molar-refractivity contribution in [1.82, 2.24) is 10.3 Å². The van der Waals surface area contributed by atoms with Crippen molar-refractivity contribution in [2.45, 2.75) is 12.8 Å². The van der Waals surface area contributed by atoms with Gasteiger partial charge in [-0.3, -0.25) is 9.59 Å². The van der Waals surface area contributed by atoms with E-state index < -0.39 is 0 Å². The molecule has 0 fully saturated rings. The number of oxazole rings is 1. The van der Waals surface area contributed by atoms with E-state index in [1.807, 2.05) is 0 Å². The smallest absolute Gasteiger partial charge is 0.251 e. The Hall–Kier alpha value is -2.11. The molecule has 0 unspecified atom stereocenters. The van der Waals surface area contributed by atoms with Gasteiger partial charge in [0.15, 0.2) is 11.7 Å². The molecule has 1 heterocycles. The first-order valence-corrected chi connectivity index (χ1v) is 7.70.